The summed E-state index contributed by atoms with van der Waals surface area (Å²) in [5, 5.41) is 13.0. The molecule has 0 saturated heterocycles. The summed E-state index contributed by atoms with van der Waals surface area (Å²) in [5.41, 5.74) is 1.05. The molecule has 0 radical (unpaired) electrons. The summed E-state index contributed by atoms with van der Waals surface area (Å²) < 4.78 is 19.5. The molecule has 0 aliphatic heterocycles. The first-order valence-electron chi connectivity index (χ1n) is 6.09. The van der Waals surface area contributed by atoms with Gasteiger partial charge in [-0.1, -0.05) is 15.9 Å². The second kappa shape index (κ2) is 6.13. The predicted octanol–water partition coefficient (Wildman–Crippen LogP) is 4.48. The molecular weight excluding hydrogens is 325 g/mol. The topological polar surface area (TPSA) is 41.5 Å². The summed E-state index contributed by atoms with van der Waals surface area (Å²) in [5.74, 6) is 0.347. The Labute approximate surface area is 125 Å². The normalized spacial score (nSPS) is 12.0. The van der Waals surface area contributed by atoms with Crippen LogP contribution in [0.5, 0.6) is 11.5 Å². The first kappa shape index (κ1) is 14.7. The molecule has 0 bridgehead atoms. The molecule has 0 aromatic heterocycles. The molecule has 2 N–H and O–H groups in total. The van der Waals surface area contributed by atoms with E-state index < -0.39 is 0 Å². The number of phenolic OH excluding ortho intramolecular Hbond substituents is 1. The zero-order chi connectivity index (χ0) is 14.7. The molecule has 0 spiro atoms. The molecule has 0 fully saturated rings. The Morgan fingerprint density at radius 1 is 1.25 bits per heavy atom. The van der Waals surface area contributed by atoms with Gasteiger partial charge in [0.25, 0.3) is 0 Å². The zero-order valence-corrected chi connectivity index (χ0v) is 12.7. The lowest BCUT2D eigenvalue weighted by atomic mass is 10.1. The van der Waals surface area contributed by atoms with E-state index in [1.165, 1.54) is 19.2 Å². The zero-order valence-electron chi connectivity index (χ0n) is 11.2. The second-order valence-electron chi connectivity index (χ2n) is 4.41. The minimum Gasteiger partial charge on any atom is -0.507 e. The van der Waals surface area contributed by atoms with E-state index in [4.69, 9.17) is 4.74 Å². The number of phenols is 1. The van der Waals surface area contributed by atoms with Crippen LogP contribution in [-0.2, 0) is 0 Å². The molecule has 1 atom stereocenters. The number of benzene rings is 2. The van der Waals surface area contributed by atoms with Gasteiger partial charge in [0.15, 0.2) is 0 Å². The summed E-state index contributed by atoms with van der Waals surface area (Å²) in [6.45, 7) is 1.85. The van der Waals surface area contributed by atoms with Crippen LogP contribution in [0.15, 0.2) is 40.9 Å². The monoisotopic (exact) mass is 339 g/mol. The summed E-state index contributed by atoms with van der Waals surface area (Å²) in [6.07, 6.45) is 0. The van der Waals surface area contributed by atoms with Crippen molar-refractivity contribution in [3.63, 3.8) is 0 Å². The molecule has 5 heteroatoms. The van der Waals surface area contributed by atoms with Crippen molar-refractivity contribution in [2.24, 2.45) is 0 Å². The standard InChI is InChI=1S/C15H15BrFNO2/c1-9(12-5-4-11(20-2)8-15(12)19)18-14-7-10(16)3-6-13(14)17/h3-9,18-19H,1-2H3. The van der Waals surface area contributed by atoms with Gasteiger partial charge in [-0.25, -0.2) is 4.39 Å². The van der Waals surface area contributed by atoms with Crippen molar-refractivity contribution < 1.29 is 14.2 Å². The van der Waals surface area contributed by atoms with Gasteiger partial charge in [-0.05, 0) is 37.3 Å². The van der Waals surface area contributed by atoms with Crippen molar-refractivity contribution in [3.05, 3.63) is 52.3 Å². The minimum atomic E-state index is -0.340. The fraction of sp³-hybridized carbons (Fsp3) is 0.200. The van der Waals surface area contributed by atoms with E-state index in [9.17, 15) is 9.50 Å². The highest BCUT2D eigenvalue weighted by atomic mass is 79.9. The largest absolute Gasteiger partial charge is 0.507 e. The highest BCUT2D eigenvalue weighted by molar-refractivity contribution is 9.10. The van der Waals surface area contributed by atoms with Crippen LogP contribution >= 0.6 is 15.9 Å². The number of methoxy groups -OCH3 is 1. The summed E-state index contributed by atoms with van der Waals surface area (Å²) in [6, 6.07) is 9.47. The van der Waals surface area contributed by atoms with Crippen molar-refractivity contribution >= 4 is 21.6 Å². The lowest BCUT2D eigenvalue weighted by Crippen LogP contribution is -2.08. The maximum absolute atomic E-state index is 13.7. The van der Waals surface area contributed by atoms with Crippen LogP contribution in [0.3, 0.4) is 0 Å². The SMILES string of the molecule is COc1ccc(C(C)Nc2cc(Br)ccc2F)c(O)c1. The Morgan fingerprint density at radius 3 is 2.65 bits per heavy atom. The number of ether oxygens (including phenoxy) is 1. The van der Waals surface area contributed by atoms with Gasteiger partial charge in [0.2, 0.25) is 0 Å². The molecule has 106 valence electrons. The molecule has 2 aromatic rings. The number of hydrogen-bond donors (Lipinski definition) is 2. The molecule has 3 nitrogen and oxygen atoms in total. The predicted molar refractivity (Wildman–Crippen MR) is 80.8 cm³/mol. The lowest BCUT2D eigenvalue weighted by Gasteiger charge is -2.18. The maximum atomic E-state index is 13.7. The number of nitrogens with one attached hydrogen (secondary N) is 1. The highest BCUT2D eigenvalue weighted by Gasteiger charge is 2.13. The molecule has 1 unspecified atom stereocenters. The molecule has 2 rings (SSSR count). The van der Waals surface area contributed by atoms with E-state index in [-0.39, 0.29) is 17.6 Å². The third-order valence-corrected chi connectivity index (χ3v) is 3.50. The van der Waals surface area contributed by atoms with Crippen LogP contribution in [-0.4, -0.2) is 12.2 Å². The fourth-order valence-corrected chi connectivity index (χ4v) is 2.30. The second-order valence-corrected chi connectivity index (χ2v) is 5.33. The fourth-order valence-electron chi connectivity index (χ4n) is 1.94. The van der Waals surface area contributed by atoms with Crippen LogP contribution in [0.4, 0.5) is 10.1 Å². The third-order valence-electron chi connectivity index (χ3n) is 3.00. The average molecular weight is 340 g/mol. The van der Waals surface area contributed by atoms with Gasteiger partial charge < -0.3 is 15.2 Å². The van der Waals surface area contributed by atoms with E-state index in [1.807, 2.05) is 6.92 Å². The summed E-state index contributed by atoms with van der Waals surface area (Å²) in [4.78, 5) is 0. The minimum absolute atomic E-state index is 0.111. The van der Waals surface area contributed by atoms with E-state index in [0.29, 0.717) is 17.0 Å². The van der Waals surface area contributed by atoms with Crippen LogP contribution in [0.1, 0.15) is 18.5 Å². The molecule has 20 heavy (non-hydrogen) atoms. The van der Waals surface area contributed by atoms with E-state index in [1.54, 1.807) is 24.3 Å². The van der Waals surface area contributed by atoms with Crippen molar-refractivity contribution in [2.45, 2.75) is 13.0 Å². The molecule has 0 amide bonds. The van der Waals surface area contributed by atoms with Gasteiger partial charge in [0.1, 0.15) is 17.3 Å². The first-order chi connectivity index (χ1) is 9.51. The van der Waals surface area contributed by atoms with Crippen molar-refractivity contribution in [1.29, 1.82) is 0 Å². The molecule has 0 aliphatic rings. The van der Waals surface area contributed by atoms with Crippen molar-refractivity contribution in [2.75, 3.05) is 12.4 Å². The molecule has 0 heterocycles. The van der Waals surface area contributed by atoms with Crippen molar-refractivity contribution in [1.82, 2.24) is 0 Å². The van der Waals surface area contributed by atoms with Gasteiger partial charge in [-0.3, -0.25) is 0 Å². The Morgan fingerprint density at radius 2 is 2.00 bits per heavy atom. The smallest absolute Gasteiger partial charge is 0.146 e. The van der Waals surface area contributed by atoms with Crippen molar-refractivity contribution in [3.8, 4) is 11.5 Å². The first-order valence-corrected chi connectivity index (χ1v) is 6.89. The van der Waals surface area contributed by atoms with Crippen LogP contribution in [0.2, 0.25) is 0 Å². The number of anilines is 1. The van der Waals surface area contributed by atoms with E-state index >= 15 is 0 Å². The third kappa shape index (κ3) is 3.22. The lowest BCUT2D eigenvalue weighted by molar-refractivity contribution is 0.406. The Balaban J connectivity index is 2.23. The van der Waals surface area contributed by atoms with Gasteiger partial charge in [-0.15, -0.1) is 0 Å². The number of halogens is 2. The Kier molecular flexibility index (Phi) is 4.49. The summed E-state index contributed by atoms with van der Waals surface area (Å²) in [7, 11) is 1.53. The van der Waals surface area contributed by atoms with Gasteiger partial charge in [-0.2, -0.15) is 0 Å². The van der Waals surface area contributed by atoms with E-state index in [2.05, 4.69) is 21.2 Å². The molecule has 0 saturated carbocycles. The van der Waals surface area contributed by atoms with Gasteiger partial charge in [0, 0.05) is 16.1 Å². The van der Waals surface area contributed by atoms with Crippen LogP contribution in [0, 0.1) is 5.82 Å². The highest BCUT2D eigenvalue weighted by Crippen LogP contribution is 2.31. The van der Waals surface area contributed by atoms with Crippen LogP contribution < -0.4 is 10.1 Å². The van der Waals surface area contributed by atoms with Crippen LogP contribution in [0.25, 0.3) is 0 Å². The quantitative estimate of drug-likeness (QED) is 0.863. The van der Waals surface area contributed by atoms with Gasteiger partial charge in [0.05, 0.1) is 18.8 Å². The van der Waals surface area contributed by atoms with E-state index in [0.717, 1.165) is 4.47 Å². The Hall–Kier alpha value is -1.75. The molecular formula is C15H15BrFNO2. The number of rotatable bonds is 4. The summed E-state index contributed by atoms with van der Waals surface area (Å²) >= 11 is 3.30. The number of aromatic hydroxyl groups is 1. The number of hydrogen-bond acceptors (Lipinski definition) is 3. The maximum Gasteiger partial charge on any atom is 0.146 e. The van der Waals surface area contributed by atoms with Gasteiger partial charge >= 0.3 is 0 Å². The average Bonchev–Trinajstić information content (AvgIpc) is 2.42. The molecule has 0 aliphatic carbocycles. The Bertz CT molecular complexity index is 619. The molecule has 2 aromatic carbocycles.